The highest BCUT2D eigenvalue weighted by Gasteiger charge is 2.36. The number of benzene rings is 1. The first kappa shape index (κ1) is 25.3. The van der Waals surface area contributed by atoms with Gasteiger partial charge in [-0.2, -0.15) is 0 Å². The molecule has 1 atom stereocenters. The highest BCUT2D eigenvalue weighted by atomic mass is 19.1. The Morgan fingerprint density at radius 2 is 1.94 bits per heavy atom. The molecule has 1 aliphatic heterocycles. The molecule has 0 spiro atoms. The van der Waals surface area contributed by atoms with Gasteiger partial charge in [0.05, 0.1) is 24.2 Å². The van der Waals surface area contributed by atoms with E-state index >= 15 is 0 Å². The van der Waals surface area contributed by atoms with Gasteiger partial charge in [0.1, 0.15) is 5.82 Å². The maximum absolute atomic E-state index is 14.1. The summed E-state index contributed by atoms with van der Waals surface area (Å²) < 4.78 is 15.4. The van der Waals surface area contributed by atoms with E-state index in [4.69, 9.17) is 0 Å². The number of piperidine rings is 1. The second-order valence-corrected chi connectivity index (χ2v) is 10.2. The summed E-state index contributed by atoms with van der Waals surface area (Å²) in [4.78, 5) is 32.1. The maximum Gasteiger partial charge on any atom is 0.253 e. The molecule has 1 aromatic heterocycles. The molecule has 6 nitrogen and oxygen atoms in total. The standard InChI is InChI=1S/C28H36FN3O3/c1-2-8-22(17-21-9-4-3-5-10-21)27(34)31-15-13-28(35,14-16-31)19-32-20-30-25(18-26(32)33)23-11-6-7-12-24(23)29/h2,6-7,11-12,18,20-22,35H,1,3-5,8-10,13-17,19H2. The van der Waals surface area contributed by atoms with E-state index < -0.39 is 11.4 Å². The lowest BCUT2D eigenvalue weighted by Crippen LogP contribution is -2.51. The van der Waals surface area contributed by atoms with Crippen LogP contribution < -0.4 is 5.56 Å². The van der Waals surface area contributed by atoms with Crippen molar-refractivity contribution in [2.75, 3.05) is 13.1 Å². The van der Waals surface area contributed by atoms with E-state index in [0.717, 1.165) is 6.42 Å². The maximum atomic E-state index is 14.1. The number of aliphatic hydroxyl groups is 1. The van der Waals surface area contributed by atoms with Crippen LogP contribution in [0.4, 0.5) is 4.39 Å². The van der Waals surface area contributed by atoms with Gasteiger partial charge < -0.3 is 10.0 Å². The summed E-state index contributed by atoms with van der Waals surface area (Å²) in [5.74, 6) is 0.294. The molecule has 1 aliphatic carbocycles. The summed E-state index contributed by atoms with van der Waals surface area (Å²) in [5.41, 5.74) is -0.907. The molecule has 1 saturated heterocycles. The third kappa shape index (κ3) is 6.26. The van der Waals surface area contributed by atoms with Crippen molar-refractivity contribution in [3.05, 3.63) is 65.5 Å². The molecule has 188 valence electrons. The van der Waals surface area contributed by atoms with Crippen LogP contribution in [-0.2, 0) is 11.3 Å². The van der Waals surface area contributed by atoms with Crippen LogP contribution in [0.15, 0.2) is 54.1 Å². The van der Waals surface area contributed by atoms with Crippen molar-refractivity contribution >= 4 is 5.91 Å². The smallest absolute Gasteiger partial charge is 0.253 e. The minimum absolute atomic E-state index is 0.0421. The molecule has 1 aromatic carbocycles. The predicted molar refractivity (Wildman–Crippen MR) is 134 cm³/mol. The van der Waals surface area contributed by atoms with Crippen LogP contribution in [-0.4, -0.2) is 44.2 Å². The van der Waals surface area contributed by atoms with Crippen LogP contribution in [0, 0.1) is 17.7 Å². The number of allylic oxidation sites excluding steroid dienone is 1. The molecule has 2 aliphatic rings. The summed E-state index contributed by atoms with van der Waals surface area (Å²) in [5, 5.41) is 11.2. The second-order valence-electron chi connectivity index (χ2n) is 10.2. The first-order valence-electron chi connectivity index (χ1n) is 12.8. The zero-order valence-corrected chi connectivity index (χ0v) is 20.4. The van der Waals surface area contributed by atoms with E-state index in [-0.39, 0.29) is 35.2 Å². The summed E-state index contributed by atoms with van der Waals surface area (Å²) in [6.07, 6.45) is 11.8. The van der Waals surface area contributed by atoms with Crippen LogP contribution in [0.5, 0.6) is 0 Å². The van der Waals surface area contributed by atoms with Crippen LogP contribution in [0.25, 0.3) is 11.3 Å². The van der Waals surface area contributed by atoms with E-state index in [9.17, 15) is 19.1 Å². The molecule has 1 amide bonds. The molecular formula is C28H36FN3O3. The zero-order chi connectivity index (χ0) is 24.8. The third-order valence-electron chi connectivity index (χ3n) is 7.64. The van der Waals surface area contributed by atoms with E-state index in [0.29, 0.717) is 38.3 Å². The highest BCUT2D eigenvalue weighted by Crippen LogP contribution is 2.32. The van der Waals surface area contributed by atoms with Gasteiger partial charge in [-0.3, -0.25) is 14.2 Å². The number of hydrogen-bond acceptors (Lipinski definition) is 4. The number of amides is 1. The Morgan fingerprint density at radius 3 is 2.60 bits per heavy atom. The van der Waals surface area contributed by atoms with Crippen molar-refractivity contribution in [3.63, 3.8) is 0 Å². The van der Waals surface area contributed by atoms with E-state index in [2.05, 4.69) is 11.6 Å². The first-order chi connectivity index (χ1) is 16.9. The fraction of sp³-hybridized carbons (Fsp3) is 0.536. The zero-order valence-electron chi connectivity index (χ0n) is 20.4. The quantitative estimate of drug-likeness (QED) is 0.561. The molecule has 35 heavy (non-hydrogen) atoms. The van der Waals surface area contributed by atoms with Crippen LogP contribution in [0.3, 0.4) is 0 Å². The average Bonchev–Trinajstić information content (AvgIpc) is 2.86. The van der Waals surface area contributed by atoms with Crippen molar-refractivity contribution in [1.82, 2.24) is 14.5 Å². The SMILES string of the molecule is C=CCC(CC1CCCCC1)C(=O)N1CCC(O)(Cn2cnc(-c3ccccc3F)cc2=O)CC1. The minimum atomic E-state index is -1.10. The fourth-order valence-electron chi connectivity index (χ4n) is 5.56. The topological polar surface area (TPSA) is 75.4 Å². The van der Waals surface area contributed by atoms with Gasteiger partial charge in [0.2, 0.25) is 5.91 Å². The van der Waals surface area contributed by atoms with E-state index in [1.54, 1.807) is 18.2 Å². The Labute approximate surface area is 206 Å². The number of halogens is 1. The number of carbonyl (C=O) groups excluding carboxylic acids is 1. The lowest BCUT2D eigenvalue weighted by molar-refractivity contribution is -0.140. The second kappa shape index (κ2) is 11.3. The number of hydrogen-bond donors (Lipinski definition) is 1. The molecule has 2 fully saturated rings. The first-order valence-corrected chi connectivity index (χ1v) is 12.8. The molecular weight excluding hydrogens is 445 g/mol. The van der Waals surface area contributed by atoms with Crippen molar-refractivity contribution in [3.8, 4) is 11.3 Å². The monoisotopic (exact) mass is 481 g/mol. The van der Waals surface area contributed by atoms with Crippen molar-refractivity contribution in [2.45, 2.75) is 69.9 Å². The Balaban J connectivity index is 1.37. The number of likely N-dealkylation sites (tertiary alicyclic amines) is 1. The van der Waals surface area contributed by atoms with Crippen molar-refractivity contribution < 1.29 is 14.3 Å². The van der Waals surface area contributed by atoms with E-state index in [1.807, 2.05) is 11.0 Å². The van der Waals surface area contributed by atoms with Gasteiger partial charge >= 0.3 is 0 Å². The molecule has 4 rings (SSSR count). The molecule has 7 heteroatoms. The minimum Gasteiger partial charge on any atom is -0.388 e. The normalized spacial score (nSPS) is 19.3. The fourth-order valence-corrected chi connectivity index (χ4v) is 5.56. The third-order valence-corrected chi connectivity index (χ3v) is 7.64. The van der Waals surface area contributed by atoms with Crippen molar-refractivity contribution in [2.24, 2.45) is 11.8 Å². The predicted octanol–water partition coefficient (Wildman–Crippen LogP) is 4.57. The van der Waals surface area contributed by atoms with Gasteiger partial charge in [0.25, 0.3) is 5.56 Å². The summed E-state index contributed by atoms with van der Waals surface area (Å²) >= 11 is 0. The lowest BCUT2D eigenvalue weighted by Gasteiger charge is -2.40. The van der Waals surface area contributed by atoms with Gasteiger partial charge in [-0.05, 0) is 43.7 Å². The molecule has 2 aromatic rings. The largest absolute Gasteiger partial charge is 0.388 e. The Hall–Kier alpha value is -2.80. The van der Waals surface area contributed by atoms with Gasteiger partial charge in [0, 0.05) is 30.6 Å². The number of carbonyl (C=O) groups is 1. The Morgan fingerprint density at radius 1 is 1.23 bits per heavy atom. The summed E-state index contributed by atoms with van der Waals surface area (Å²) in [7, 11) is 0. The molecule has 0 radical (unpaired) electrons. The lowest BCUT2D eigenvalue weighted by atomic mass is 9.81. The van der Waals surface area contributed by atoms with Crippen LogP contribution >= 0.6 is 0 Å². The molecule has 0 bridgehead atoms. The summed E-state index contributed by atoms with van der Waals surface area (Å²) in [6.45, 7) is 4.88. The van der Waals surface area contributed by atoms with Gasteiger partial charge in [-0.15, -0.1) is 6.58 Å². The summed E-state index contributed by atoms with van der Waals surface area (Å²) in [6, 6.07) is 7.48. The average molecular weight is 482 g/mol. The highest BCUT2D eigenvalue weighted by molar-refractivity contribution is 5.79. The molecule has 1 N–H and O–H groups in total. The number of nitrogens with zero attached hydrogens (tertiary/aromatic N) is 3. The van der Waals surface area contributed by atoms with Crippen LogP contribution in [0.2, 0.25) is 0 Å². The Kier molecular flexibility index (Phi) is 8.16. The Bertz CT molecular complexity index is 1080. The molecule has 2 heterocycles. The van der Waals surface area contributed by atoms with E-state index in [1.165, 1.54) is 55.1 Å². The van der Waals surface area contributed by atoms with Gasteiger partial charge in [-0.25, -0.2) is 9.37 Å². The van der Waals surface area contributed by atoms with Gasteiger partial charge in [0.15, 0.2) is 0 Å². The number of rotatable bonds is 8. The van der Waals surface area contributed by atoms with Crippen molar-refractivity contribution in [1.29, 1.82) is 0 Å². The number of aromatic nitrogens is 2. The molecule has 1 unspecified atom stereocenters. The van der Waals surface area contributed by atoms with Crippen LogP contribution in [0.1, 0.15) is 57.8 Å². The molecule has 1 saturated carbocycles. The van der Waals surface area contributed by atoms with Gasteiger partial charge in [-0.1, -0.05) is 50.3 Å².